The van der Waals surface area contributed by atoms with Gasteiger partial charge in [-0.05, 0) is 6.07 Å². The summed E-state index contributed by atoms with van der Waals surface area (Å²) in [7, 11) is 0. The van der Waals surface area contributed by atoms with E-state index in [9.17, 15) is 18.0 Å². The van der Waals surface area contributed by atoms with Gasteiger partial charge in [-0.1, -0.05) is 0 Å². The molecule has 0 aliphatic heterocycles. The maximum atomic E-state index is 11.8. The van der Waals surface area contributed by atoms with Gasteiger partial charge in [0.1, 0.15) is 5.75 Å². The van der Waals surface area contributed by atoms with Gasteiger partial charge in [-0.2, -0.15) is 13.2 Å². The number of hydrogen-bond acceptors (Lipinski definition) is 4. The Morgan fingerprint density at radius 1 is 1.44 bits per heavy atom. The molecule has 1 aromatic heterocycles. The molecule has 0 aromatic carbocycles. The molecule has 0 aliphatic rings. The summed E-state index contributed by atoms with van der Waals surface area (Å²) in [5, 5.41) is 17.5. The van der Waals surface area contributed by atoms with E-state index >= 15 is 0 Å². The Bertz CT molecular complexity index is 405. The number of aromatic nitrogens is 1. The number of carboxylic acid groups (broad SMARTS) is 1. The third kappa shape index (κ3) is 3.30. The Morgan fingerprint density at radius 2 is 2.06 bits per heavy atom. The van der Waals surface area contributed by atoms with E-state index in [1.165, 1.54) is 0 Å². The number of aromatic hydroxyl groups is 1. The van der Waals surface area contributed by atoms with Crippen LogP contribution < -0.4 is 4.74 Å². The number of nitrogens with zero attached hydrogens (tertiary/aromatic N) is 1. The third-order valence-corrected chi connectivity index (χ3v) is 1.43. The lowest BCUT2D eigenvalue weighted by Crippen LogP contribution is -2.20. The molecule has 1 heterocycles. The van der Waals surface area contributed by atoms with E-state index in [-0.39, 0.29) is 0 Å². The van der Waals surface area contributed by atoms with Crippen LogP contribution in [0.25, 0.3) is 0 Å². The topological polar surface area (TPSA) is 79.7 Å². The van der Waals surface area contributed by atoms with Crippen LogP contribution in [0.2, 0.25) is 0 Å². The normalized spacial score (nSPS) is 11.2. The summed E-state index contributed by atoms with van der Waals surface area (Å²) in [5.41, 5.74) is -0.764. The number of hydrogen-bond donors (Lipinski definition) is 2. The zero-order valence-electron chi connectivity index (χ0n) is 7.65. The van der Waals surface area contributed by atoms with E-state index < -0.39 is 36.1 Å². The highest BCUT2D eigenvalue weighted by molar-refractivity contribution is 5.88. The molecule has 0 spiro atoms. The minimum Gasteiger partial charge on any atom is -0.505 e. The van der Waals surface area contributed by atoms with Crippen LogP contribution in [0.5, 0.6) is 11.6 Å². The fourth-order valence-corrected chi connectivity index (χ4v) is 0.827. The number of halogens is 3. The average molecular weight is 237 g/mol. The van der Waals surface area contributed by atoms with Crippen molar-refractivity contribution in [2.45, 2.75) is 6.18 Å². The number of carbonyl (C=O) groups is 1. The van der Waals surface area contributed by atoms with Crippen molar-refractivity contribution >= 4 is 5.97 Å². The van der Waals surface area contributed by atoms with Gasteiger partial charge in [0.15, 0.2) is 12.3 Å². The second-order valence-corrected chi connectivity index (χ2v) is 2.73. The molecule has 0 bridgehead atoms. The number of alkyl halides is 3. The van der Waals surface area contributed by atoms with Crippen LogP contribution in [0.15, 0.2) is 12.1 Å². The Labute approximate surface area is 87.1 Å². The molecule has 2 N–H and O–H groups in total. The highest BCUT2D eigenvalue weighted by atomic mass is 19.4. The first-order valence-electron chi connectivity index (χ1n) is 3.92. The second-order valence-electron chi connectivity index (χ2n) is 2.73. The van der Waals surface area contributed by atoms with E-state index in [0.717, 1.165) is 12.1 Å². The number of carboxylic acids is 1. The minimum absolute atomic E-state index is 0.521. The van der Waals surface area contributed by atoms with Gasteiger partial charge in [0.25, 0.3) is 0 Å². The molecule has 0 saturated heterocycles. The van der Waals surface area contributed by atoms with Crippen LogP contribution in [0.1, 0.15) is 10.5 Å². The number of pyridine rings is 1. The van der Waals surface area contributed by atoms with E-state index in [2.05, 4.69) is 9.72 Å². The molecule has 16 heavy (non-hydrogen) atoms. The van der Waals surface area contributed by atoms with Gasteiger partial charge < -0.3 is 14.9 Å². The lowest BCUT2D eigenvalue weighted by atomic mass is 10.3. The summed E-state index contributed by atoms with van der Waals surface area (Å²) in [4.78, 5) is 13.7. The van der Waals surface area contributed by atoms with Crippen molar-refractivity contribution in [1.82, 2.24) is 4.98 Å². The van der Waals surface area contributed by atoms with Gasteiger partial charge in [0, 0.05) is 6.07 Å². The first-order valence-corrected chi connectivity index (χ1v) is 3.92. The first kappa shape index (κ1) is 12.1. The Hall–Kier alpha value is -1.99. The smallest absolute Gasteiger partial charge is 0.422 e. The summed E-state index contributed by atoms with van der Waals surface area (Å²) in [6.07, 6.45) is -4.54. The highest BCUT2D eigenvalue weighted by Gasteiger charge is 2.28. The quantitative estimate of drug-likeness (QED) is 0.831. The Balaban J connectivity index is 2.83. The molecule has 0 amide bonds. The standard InChI is InChI=1S/C8H6F3NO4/c9-8(10,11)3-16-5-2-1-4(13)6(12-5)7(14)15/h1-2,13H,3H2,(H,14,15). The van der Waals surface area contributed by atoms with Gasteiger partial charge >= 0.3 is 12.1 Å². The van der Waals surface area contributed by atoms with E-state index in [0.29, 0.717) is 0 Å². The van der Waals surface area contributed by atoms with Crippen LogP contribution in [-0.2, 0) is 0 Å². The molecule has 88 valence electrons. The Morgan fingerprint density at radius 3 is 2.56 bits per heavy atom. The highest BCUT2D eigenvalue weighted by Crippen LogP contribution is 2.21. The van der Waals surface area contributed by atoms with Crippen molar-refractivity contribution < 1.29 is 32.9 Å². The fourth-order valence-electron chi connectivity index (χ4n) is 0.827. The molecular weight excluding hydrogens is 231 g/mol. The van der Waals surface area contributed by atoms with E-state index in [1.807, 2.05) is 0 Å². The SMILES string of the molecule is O=C(O)c1nc(OCC(F)(F)F)ccc1O. The predicted molar refractivity (Wildman–Crippen MR) is 44.4 cm³/mol. The largest absolute Gasteiger partial charge is 0.505 e. The van der Waals surface area contributed by atoms with Crippen molar-refractivity contribution in [3.05, 3.63) is 17.8 Å². The molecule has 0 fully saturated rings. The summed E-state index contributed by atoms with van der Waals surface area (Å²) >= 11 is 0. The molecule has 1 rings (SSSR count). The third-order valence-electron chi connectivity index (χ3n) is 1.43. The van der Waals surface area contributed by atoms with Crippen LogP contribution in [0, 0.1) is 0 Å². The Kier molecular flexibility index (Phi) is 3.21. The minimum atomic E-state index is -4.54. The summed E-state index contributed by atoms with van der Waals surface area (Å²) in [5.74, 6) is -2.73. The second kappa shape index (κ2) is 4.25. The molecular formula is C8H6F3NO4. The van der Waals surface area contributed by atoms with Gasteiger partial charge in [0.05, 0.1) is 0 Å². The van der Waals surface area contributed by atoms with E-state index in [1.54, 1.807) is 0 Å². The summed E-state index contributed by atoms with van der Waals surface area (Å²) < 4.78 is 39.5. The number of ether oxygens (including phenoxy) is 1. The summed E-state index contributed by atoms with van der Waals surface area (Å²) in [6.45, 7) is -1.58. The average Bonchev–Trinajstić information content (AvgIpc) is 2.14. The fraction of sp³-hybridized carbons (Fsp3) is 0.250. The maximum Gasteiger partial charge on any atom is 0.422 e. The summed E-state index contributed by atoms with van der Waals surface area (Å²) in [6, 6.07) is 1.83. The molecule has 5 nitrogen and oxygen atoms in total. The van der Waals surface area contributed by atoms with Crippen LogP contribution in [0.4, 0.5) is 13.2 Å². The monoisotopic (exact) mass is 237 g/mol. The van der Waals surface area contributed by atoms with Crippen molar-refractivity contribution in [3.63, 3.8) is 0 Å². The lowest BCUT2D eigenvalue weighted by molar-refractivity contribution is -0.154. The van der Waals surface area contributed by atoms with Gasteiger partial charge in [-0.3, -0.25) is 0 Å². The van der Waals surface area contributed by atoms with Crippen LogP contribution in [-0.4, -0.2) is 33.9 Å². The lowest BCUT2D eigenvalue weighted by Gasteiger charge is -2.08. The molecule has 0 atom stereocenters. The number of rotatable bonds is 3. The van der Waals surface area contributed by atoms with Gasteiger partial charge in [-0.15, -0.1) is 0 Å². The first-order chi connectivity index (χ1) is 7.29. The van der Waals surface area contributed by atoms with Crippen LogP contribution >= 0.6 is 0 Å². The zero-order valence-corrected chi connectivity index (χ0v) is 7.65. The van der Waals surface area contributed by atoms with Gasteiger partial charge in [-0.25, -0.2) is 9.78 Å². The zero-order chi connectivity index (χ0) is 12.3. The molecule has 0 aliphatic carbocycles. The maximum absolute atomic E-state index is 11.8. The van der Waals surface area contributed by atoms with Gasteiger partial charge in [0.2, 0.25) is 5.88 Å². The van der Waals surface area contributed by atoms with E-state index in [4.69, 9.17) is 10.2 Å². The molecule has 0 radical (unpaired) electrons. The van der Waals surface area contributed by atoms with Crippen molar-refractivity contribution in [2.75, 3.05) is 6.61 Å². The van der Waals surface area contributed by atoms with Crippen molar-refractivity contribution in [1.29, 1.82) is 0 Å². The predicted octanol–water partition coefficient (Wildman–Crippen LogP) is 1.43. The van der Waals surface area contributed by atoms with Crippen molar-refractivity contribution in [2.24, 2.45) is 0 Å². The molecule has 1 aromatic rings. The molecule has 0 saturated carbocycles. The van der Waals surface area contributed by atoms with Crippen LogP contribution in [0.3, 0.4) is 0 Å². The number of aromatic carboxylic acids is 1. The molecule has 0 unspecified atom stereocenters. The van der Waals surface area contributed by atoms with Crippen molar-refractivity contribution in [3.8, 4) is 11.6 Å². The molecule has 8 heteroatoms.